The molecule has 3 aromatic rings. The van der Waals surface area contributed by atoms with Crippen LogP contribution in [-0.2, 0) is 13.2 Å². The molecule has 0 aliphatic heterocycles. The average Bonchev–Trinajstić information content (AvgIpc) is 2.66. The van der Waals surface area contributed by atoms with Gasteiger partial charge in [-0.05, 0) is 35.9 Å². The zero-order valence-electron chi connectivity index (χ0n) is 14.4. The van der Waals surface area contributed by atoms with Crippen molar-refractivity contribution in [2.24, 2.45) is 0 Å². The maximum atomic E-state index is 12.4. The summed E-state index contributed by atoms with van der Waals surface area (Å²) in [5, 5.41) is 3.72. The van der Waals surface area contributed by atoms with Gasteiger partial charge in [-0.1, -0.05) is 59.6 Å². The first-order valence-corrected chi connectivity index (χ1v) is 9.07. The number of nitrogen functional groups attached to an aromatic ring is 1. The summed E-state index contributed by atoms with van der Waals surface area (Å²) in [7, 11) is 0. The molecular weight excluding hydrogens is 383 g/mol. The molecule has 0 unspecified atom stereocenters. The number of hydrogen-bond acceptors (Lipinski definition) is 3. The number of rotatable bonds is 6. The molecule has 3 rings (SSSR count). The van der Waals surface area contributed by atoms with Gasteiger partial charge in [-0.25, -0.2) is 0 Å². The highest BCUT2D eigenvalue weighted by Gasteiger charge is 2.12. The molecule has 0 heterocycles. The number of ether oxygens (including phenoxy) is 1. The molecule has 3 N–H and O–H groups in total. The summed E-state index contributed by atoms with van der Waals surface area (Å²) in [6.45, 7) is 0.687. The minimum Gasteiger partial charge on any atom is -0.488 e. The van der Waals surface area contributed by atoms with Gasteiger partial charge in [0.2, 0.25) is 0 Å². The van der Waals surface area contributed by atoms with Crippen LogP contribution in [0.25, 0.3) is 0 Å². The van der Waals surface area contributed by atoms with Crippen LogP contribution in [0.5, 0.6) is 5.75 Å². The molecule has 6 heteroatoms. The third-order valence-electron chi connectivity index (χ3n) is 3.94. The summed E-state index contributed by atoms with van der Waals surface area (Å²) in [5.41, 5.74) is 8.39. The molecule has 0 radical (unpaired) electrons. The summed E-state index contributed by atoms with van der Waals surface area (Å²) in [6, 6.07) is 19.9. The van der Waals surface area contributed by atoms with Gasteiger partial charge >= 0.3 is 0 Å². The van der Waals surface area contributed by atoms with Gasteiger partial charge in [0.1, 0.15) is 12.4 Å². The van der Waals surface area contributed by atoms with Crippen LogP contribution < -0.4 is 15.8 Å². The van der Waals surface area contributed by atoms with E-state index in [4.69, 9.17) is 33.7 Å². The van der Waals surface area contributed by atoms with E-state index in [1.165, 1.54) is 0 Å². The van der Waals surface area contributed by atoms with Crippen LogP contribution in [0.15, 0.2) is 66.7 Å². The number of carbonyl (C=O) groups is 1. The SMILES string of the molecule is Nc1ccc(C(=O)NCc2ccc(Cl)cc2OCc2ccccc2)c(Cl)c1. The highest BCUT2D eigenvalue weighted by molar-refractivity contribution is 6.34. The van der Waals surface area contributed by atoms with E-state index in [9.17, 15) is 4.79 Å². The lowest BCUT2D eigenvalue weighted by molar-refractivity contribution is 0.0950. The Bertz CT molecular complexity index is 946. The number of amides is 1. The quantitative estimate of drug-likeness (QED) is 0.566. The first-order chi connectivity index (χ1) is 13.0. The summed E-state index contributed by atoms with van der Waals surface area (Å²) in [4.78, 5) is 12.4. The minimum atomic E-state index is -0.288. The molecule has 0 aromatic heterocycles. The number of nitrogens with two attached hydrogens (primary N) is 1. The highest BCUT2D eigenvalue weighted by Crippen LogP contribution is 2.25. The molecule has 0 fully saturated rings. The lowest BCUT2D eigenvalue weighted by Crippen LogP contribution is -2.23. The second-order valence-electron chi connectivity index (χ2n) is 5.95. The van der Waals surface area contributed by atoms with E-state index in [0.29, 0.717) is 33.7 Å². The van der Waals surface area contributed by atoms with Crippen LogP contribution >= 0.6 is 23.2 Å². The number of hydrogen-bond donors (Lipinski definition) is 2. The molecule has 27 heavy (non-hydrogen) atoms. The van der Waals surface area contributed by atoms with Crippen LogP contribution in [0, 0.1) is 0 Å². The third-order valence-corrected chi connectivity index (χ3v) is 4.49. The Balaban J connectivity index is 1.70. The first-order valence-electron chi connectivity index (χ1n) is 8.31. The molecule has 3 aromatic carbocycles. The molecule has 0 saturated carbocycles. The normalized spacial score (nSPS) is 10.4. The van der Waals surface area contributed by atoms with Crippen molar-refractivity contribution in [3.63, 3.8) is 0 Å². The Morgan fingerprint density at radius 3 is 2.52 bits per heavy atom. The van der Waals surface area contributed by atoms with Crippen molar-refractivity contribution in [2.45, 2.75) is 13.2 Å². The van der Waals surface area contributed by atoms with Crippen molar-refractivity contribution >= 4 is 34.8 Å². The Hall–Kier alpha value is -2.69. The topological polar surface area (TPSA) is 64.4 Å². The Morgan fingerprint density at radius 2 is 1.78 bits per heavy atom. The van der Waals surface area contributed by atoms with Crippen molar-refractivity contribution in [3.8, 4) is 5.75 Å². The van der Waals surface area contributed by atoms with E-state index >= 15 is 0 Å². The summed E-state index contributed by atoms with van der Waals surface area (Å²) < 4.78 is 5.90. The number of benzene rings is 3. The van der Waals surface area contributed by atoms with Crippen molar-refractivity contribution in [1.29, 1.82) is 0 Å². The lowest BCUT2D eigenvalue weighted by atomic mass is 10.1. The lowest BCUT2D eigenvalue weighted by Gasteiger charge is -2.13. The first kappa shape index (κ1) is 19.1. The zero-order valence-corrected chi connectivity index (χ0v) is 15.9. The average molecular weight is 401 g/mol. The van der Waals surface area contributed by atoms with Gasteiger partial charge in [0.25, 0.3) is 5.91 Å². The maximum absolute atomic E-state index is 12.4. The Kier molecular flexibility index (Phi) is 6.22. The third kappa shape index (κ3) is 5.16. The van der Waals surface area contributed by atoms with Crippen molar-refractivity contribution < 1.29 is 9.53 Å². The van der Waals surface area contributed by atoms with Gasteiger partial charge in [-0.2, -0.15) is 0 Å². The minimum absolute atomic E-state index is 0.279. The summed E-state index contributed by atoms with van der Waals surface area (Å²) in [5.74, 6) is 0.332. The van der Waals surface area contributed by atoms with Crippen LogP contribution in [0.4, 0.5) is 5.69 Å². The second-order valence-corrected chi connectivity index (χ2v) is 6.79. The fraction of sp³-hybridized carbons (Fsp3) is 0.0952. The van der Waals surface area contributed by atoms with E-state index in [0.717, 1.165) is 11.1 Å². The number of anilines is 1. The molecular formula is C21H18Cl2N2O2. The van der Waals surface area contributed by atoms with Gasteiger partial charge in [0, 0.05) is 22.8 Å². The summed E-state index contributed by atoms with van der Waals surface area (Å²) >= 11 is 12.2. The van der Waals surface area contributed by atoms with Gasteiger partial charge in [0.15, 0.2) is 0 Å². The molecule has 0 saturated heterocycles. The van der Waals surface area contributed by atoms with Crippen LogP contribution in [0.3, 0.4) is 0 Å². The predicted octanol–water partition coefficient (Wildman–Crippen LogP) is 5.08. The molecule has 0 bridgehead atoms. The fourth-order valence-electron chi connectivity index (χ4n) is 2.53. The van der Waals surface area contributed by atoms with E-state index in [1.807, 2.05) is 36.4 Å². The van der Waals surface area contributed by atoms with E-state index in [-0.39, 0.29) is 12.5 Å². The molecule has 0 spiro atoms. The van der Waals surface area contributed by atoms with Crippen LogP contribution in [-0.4, -0.2) is 5.91 Å². The molecule has 0 aliphatic rings. The number of carbonyl (C=O) groups excluding carboxylic acids is 1. The van der Waals surface area contributed by atoms with Crippen molar-refractivity contribution in [2.75, 3.05) is 5.73 Å². The Morgan fingerprint density at radius 1 is 1.00 bits per heavy atom. The van der Waals surface area contributed by atoms with Crippen LogP contribution in [0.2, 0.25) is 10.0 Å². The zero-order chi connectivity index (χ0) is 19.2. The number of halogens is 2. The van der Waals surface area contributed by atoms with Gasteiger partial charge in [0.05, 0.1) is 10.6 Å². The molecule has 138 valence electrons. The van der Waals surface area contributed by atoms with Gasteiger partial charge < -0.3 is 15.8 Å². The number of nitrogens with one attached hydrogen (secondary N) is 1. The smallest absolute Gasteiger partial charge is 0.253 e. The van der Waals surface area contributed by atoms with Crippen molar-refractivity contribution in [1.82, 2.24) is 5.32 Å². The molecule has 4 nitrogen and oxygen atoms in total. The monoisotopic (exact) mass is 400 g/mol. The highest BCUT2D eigenvalue weighted by atomic mass is 35.5. The van der Waals surface area contributed by atoms with Crippen LogP contribution in [0.1, 0.15) is 21.5 Å². The van der Waals surface area contributed by atoms with E-state index in [2.05, 4.69) is 5.32 Å². The van der Waals surface area contributed by atoms with Gasteiger partial charge in [-0.15, -0.1) is 0 Å². The van der Waals surface area contributed by atoms with Gasteiger partial charge in [-0.3, -0.25) is 4.79 Å². The fourth-order valence-corrected chi connectivity index (χ4v) is 2.97. The molecule has 1 amide bonds. The summed E-state index contributed by atoms with van der Waals surface area (Å²) in [6.07, 6.45) is 0. The van der Waals surface area contributed by atoms with E-state index in [1.54, 1.807) is 30.3 Å². The molecule has 0 aliphatic carbocycles. The Labute approximate surface area is 167 Å². The maximum Gasteiger partial charge on any atom is 0.253 e. The standard InChI is InChI=1S/C21H18Cl2N2O2/c22-16-7-6-15(20(10-16)27-13-14-4-2-1-3-5-14)12-25-21(26)18-9-8-17(24)11-19(18)23/h1-11H,12-13,24H2,(H,25,26). The predicted molar refractivity (Wildman–Crippen MR) is 109 cm³/mol. The van der Waals surface area contributed by atoms with E-state index < -0.39 is 0 Å². The second kappa shape index (κ2) is 8.80. The van der Waals surface area contributed by atoms with Crippen molar-refractivity contribution in [3.05, 3.63) is 93.5 Å². The largest absolute Gasteiger partial charge is 0.488 e. The molecule has 0 atom stereocenters.